The molecular weight excluding hydrogens is 264 g/mol. The molecule has 1 fully saturated rings. The summed E-state index contributed by atoms with van der Waals surface area (Å²) < 4.78 is 5.24. The molecule has 1 saturated heterocycles. The summed E-state index contributed by atoms with van der Waals surface area (Å²) in [7, 11) is 1.55. The van der Waals surface area contributed by atoms with Crippen LogP contribution in [0.3, 0.4) is 0 Å². The van der Waals surface area contributed by atoms with Gasteiger partial charge in [-0.3, -0.25) is 4.79 Å². The third kappa shape index (κ3) is 2.91. The molecule has 0 aliphatic carbocycles. The van der Waals surface area contributed by atoms with Crippen molar-refractivity contribution >= 4 is 23.2 Å². The highest BCUT2D eigenvalue weighted by atomic mass is 35.5. The van der Waals surface area contributed by atoms with Gasteiger partial charge in [0, 0.05) is 29.8 Å². The zero-order valence-electron chi connectivity index (χ0n) is 11.3. The van der Waals surface area contributed by atoms with Gasteiger partial charge in [-0.25, -0.2) is 0 Å². The van der Waals surface area contributed by atoms with Crippen LogP contribution in [0.15, 0.2) is 23.3 Å². The molecule has 102 valence electrons. The van der Waals surface area contributed by atoms with Gasteiger partial charge >= 0.3 is 0 Å². The van der Waals surface area contributed by atoms with Crippen molar-refractivity contribution in [3.05, 3.63) is 33.9 Å². The Hall–Kier alpha value is -1.52. The number of ether oxygens (including phenoxy) is 1. The van der Waals surface area contributed by atoms with E-state index < -0.39 is 0 Å². The van der Waals surface area contributed by atoms with Gasteiger partial charge in [-0.2, -0.15) is 0 Å². The second-order valence-corrected chi connectivity index (χ2v) is 5.00. The SMILES string of the molecule is COc1cc(Cl)c(C)cc1NC(=O)C(C)=C1CNC1. The molecule has 5 heteroatoms. The number of carbonyl (C=O) groups excluding carboxylic acids is 1. The number of rotatable bonds is 3. The van der Waals surface area contributed by atoms with Crippen molar-refractivity contribution in [2.45, 2.75) is 13.8 Å². The summed E-state index contributed by atoms with van der Waals surface area (Å²) in [6.07, 6.45) is 0. The van der Waals surface area contributed by atoms with E-state index >= 15 is 0 Å². The van der Waals surface area contributed by atoms with Crippen molar-refractivity contribution < 1.29 is 9.53 Å². The van der Waals surface area contributed by atoms with Crippen LogP contribution in [-0.2, 0) is 4.79 Å². The molecule has 0 bridgehead atoms. The van der Waals surface area contributed by atoms with E-state index in [0.717, 1.165) is 29.8 Å². The fraction of sp³-hybridized carbons (Fsp3) is 0.357. The van der Waals surface area contributed by atoms with Crippen molar-refractivity contribution in [1.29, 1.82) is 0 Å². The number of methoxy groups -OCH3 is 1. The predicted molar refractivity (Wildman–Crippen MR) is 76.9 cm³/mol. The molecule has 1 aliphatic rings. The molecule has 1 aliphatic heterocycles. The lowest BCUT2D eigenvalue weighted by molar-refractivity contribution is -0.112. The smallest absolute Gasteiger partial charge is 0.251 e. The van der Waals surface area contributed by atoms with E-state index in [9.17, 15) is 4.79 Å². The van der Waals surface area contributed by atoms with Gasteiger partial charge in [0.2, 0.25) is 0 Å². The highest BCUT2D eigenvalue weighted by Gasteiger charge is 2.17. The standard InChI is InChI=1S/C14H17ClN2O2/c1-8-4-12(13(19-3)5-11(8)15)17-14(18)9(2)10-6-16-7-10/h4-5,16H,6-7H2,1-3H3,(H,17,18). The minimum Gasteiger partial charge on any atom is -0.495 e. The van der Waals surface area contributed by atoms with E-state index in [1.807, 2.05) is 19.9 Å². The Morgan fingerprint density at radius 2 is 2.11 bits per heavy atom. The van der Waals surface area contributed by atoms with E-state index in [1.54, 1.807) is 13.2 Å². The van der Waals surface area contributed by atoms with Crippen molar-refractivity contribution in [2.75, 3.05) is 25.5 Å². The molecule has 0 aromatic heterocycles. The van der Waals surface area contributed by atoms with Gasteiger partial charge in [0.15, 0.2) is 0 Å². The number of halogens is 1. The lowest BCUT2D eigenvalue weighted by Crippen LogP contribution is -2.36. The van der Waals surface area contributed by atoms with Crippen LogP contribution in [0.2, 0.25) is 5.02 Å². The molecule has 0 saturated carbocycles. The molecule has 19 heavy (non-hydrogen) atoms. The fourth-order valence-electron chi connectivity index (χ4n) is 1.82. The lowest BCUT2D eigenvalue weighted by Gasteiger charge is -2.21. The minimum absolute atomic E-state index is 0.100. The van der Waals surface area contributed by atoms with Crippen LogP contribution >= 0.6 is 11.6 Å². The topological polar surface area (TPSA) is 50.4 Å². The lowest BCUT2D eigenvalue weighted by atomic mass is 10.0. The van der Waals surface area contributed by atoms with Crippen LogP contribution in [0.1, 0.15) is 12.5 Å². The maximum absolute atomic E-state index is 12.1. The third-order valence-electron chi connectivity index (χ3n) is 3.28. The number of anilines is 1. The Morgan fingerprint density at radius 3 is 2.63 bits per heavy atom. The molecule has 0 atom stereocenters. The molecule has 1 heterocycles. The van der Waals surface area contributed by atoms with Crippen LogP contribution < -0.4 is 15.4 Å². The molecule has 4 nitrogen and oxygen atoms in total. The molecule has 0 unspecified atom stereocenters. The maximum Gasteiger partial charge on any atom is 0.251 e. The molecule has 2 rings (SSSR count). The Bertz CT molecular complexity index is 547. The van der Waals surface area contributed by atoms with E-state index in [-0.39, 0.29) is 5.91 Å². The summed E-state index contributed by atoms with van der Waals surface area (Å²) in [6.45, 7) is 5.30. The van der Waals surface area contributed by atoms with Gasteiger partial charge in [0.1, 0.15) is 5.75 Å². The largest absolute Gasteiger partial charge is 0.495 e. The Morgan fingerprint density at radius 1 is 1.42 bits per heavy atom. The molecule has 2 N–H and O–H groups in total. The van der Waals surface area contributed by atoms with Crippen molar-refractivity contribution in [2.24, 2.45) is 0 Å². The number of aryl methyl sites for hydroxylation is 1. The van der Waals surface area contributed by atoms with Gasteiger partial charge in [0.25, 0.3) is 5.91 Å². The molecular formula is C14H17ClN2O2. The number of hydrogen-bond donors (Lipinski definition) is 2. The number of amides is 1. The highest BCUT2D eigenvalue weighted by Crippen LogP contribution is 2.31. The fourth-order valence-corrected chi connectivity index (χ4v) is 1.98. The van der Waals surface area contributed by atoms with Gasteiger partial charge in [0.05, 0.1) is 12.8 Å². The average Bonchev–Trinajstić information content (AvgIpc) is 2.31. The quantitative estimate of drug-likeness (QED) is 0.837. The summed E-state index contributed by atoms with van der Waals surface area (Å²) in [4.78, 5) is 12.1. The van der Waals surface area contributed by atoms with Gasteiger partial charge < -0.3 is 15.4 Å². The number of benzene rings is 1. The summed E-state index contributed by atoms with van der Waals surface area (Å²) in [5.74, 6) is 0.463. The first-order valence-electron chi connectivity index (χ1n) is 6.07. The monoisotopic (exact) mass is 280 g/mol. The van der Waals surface area contributed by atoms with Crippen molar-refractivity contribution in [1.82, 2.24) is 5.32 Å². The van der Waals surface area contributed by atoms with Crippen LogP contribution in [0.25, 0.3) is 0 Å². The minimum atomic E-state index is -0.100. The first-order chi connectivity index (χ1) is 9.02. The van der Waals surface area contributed by atoms with E-state index in [4.69, 9.17) is 16.3 Å². The molecule has 0 radical (unpaired) electrons. The zero-order valence-corrected chi connectivity index (χ0v) is 12.0. The predicted octanol–water partition coefficient (Wildman–Crippen LogP) is 2.52. The number of carbonyl (C=O) groups is 1. The maximum atomic E-state index is 12.1. The first kappa shape index (κ1) is 13.9. The van der Waals surface area contributed by atoms with Gasteiger partial charge in [-0.1, -0.05) is 11.6 Å². The van der Waals surface area contributed by atoms with Crippen molar-refractivity contribution in [3.63, 3.8) is 0 Å². The van der Waals surface area contributed by atoms with Crippen LogP contribution in [-0.4, -0.2) is 26.1 Å². The molecule has 1 aromatic rings. The highest BCUT2D eigenvalue weighted by molar-refractivity contribution is 6.31. The Labute approximate surface area is 117 Å². The Balaban J connectivity index is 2.23. The van der Waals surface area contributed by atoms with Crippen LogP contribution in [0.4, 0.5) is 5.69 Å². The summed E-state index contributed by atoms with van der Waals surface area (Å²) >= 11 is 6.04. The molecule has 1 aromatic carbocycles. The zero-order chi connectivity index (χ0) is 14.0. The summed E-state index contributed by atoms with van der Waals surface area (Å²) in [5, 5.41) is 6.61. The van der Waals surface area contributed by atoms with Crippen molar-refractivity contribution in [3.8, 4) is 5.75 Å². The van der Waals surface area contributed by atoms with Gasteiger partial charge in [-0.15, -0.1) is 0 Å². The van der Waals surface area contributed by atoms with E-state index in [2.05, 4.69) is 10.6 Å². The van der Waals surface area contributed by atoms with Crippen LogP contribution in [0, 0.1) is 6.92 Å². The number of nitrogens with one attached hydrogen (secondary N) is 2. The van der Waals surface area contributed by atoms with Crippen LogP contribution in [0.5, 0.6) is 5.75 Å². The van der Waals surface area contributed by atoms with E-state index in [1.165, 1.54) is 0 Å². The molecule has 0 spiro atoms. The molecule has 1 amide bonds. The van der Waals surface area contributed by atoms with Gasteiger partial charge in [-0.05, 0) is 31.1 Å². The third-order valence-corrected chi connectivity index (χ3v) is 3.68. The summed E-state index contributed by atoms with van der Waals surface area (Å²) in [5.41, 5.74) is 3.44. The normalized spacial score (nSPS) is 13.8. The number of hydrogen-bond acceptors (Lipinski definition) is 3. The second kappa shape index (κ2) is 5.63. The second-order valence-electron chi connectivity index (χ2n) is 4.59. The Kier molecular flexibility index (Phi) is 4.12. The summed E-state index contributed by atoms with van der Waals surface area (Å²) in [6, 6.07) is 3.52. The average molecular weight is 281 g/mol. The van der Waals surface area contributed by atoms with E-state index in [0.29, 0.717) is 16.5 Å². The first-order valence-corrected chi connectivity index (χ1v) is 6.45.